The average Bonchev–Trinajstić information content (AvgIpc) is 3.13. The normalized spacial score (nSPS) is 11.1. The van der Waals surface area contributed by atoms with Crippen LogP contribution in [0, 0.1) is 6.92 Å². The Morgan fingerprint density at radius 2 is 1.45 bits per heavy atom. The van der Waals surface area contributed by atoms with Crippen LogP contribution in [-0.2, 0) is 0 Å². The van der Waals surface area contributed by atoms with Crippen LogP contribution in [0.1, 0.15) is 5.69 Å². The molecule has 0 bridgehead atoms. The largest absolute Gasteiger partial charge is 0.340 e. The maximum atomic E-state index is 6.23. The average molecular weight is 445 g/mol. The van der Waals surface area contributed by atoms with E-state index in [0.29, 0.717) is 10.0 Å². The molecule has 0 saturated carbocycles. The predicted octanol–water partition coefficient (Wildman–Crippen LogP) is 7.42. The number of benzene rings is 3. The number of fused-ring (bicyclic) bond motifs is 1. The third kappa shape index (κ3) is 3.76. The number of rotatable bonds is 4. The first-order valence-electron chi connectivity index (χ1n) is 9.83. The van der Waals surface area contributed by atoms with E-state index in [1.807, 2.05) is 72.1 Å². The van der Waals surface area contributed by atoms with Gasteiger partial charge in [0.15, 0.2) is 5.65 Å². The summed E-state index contributed by atoms with van der Waals surface area (Å²) in [4.78, 5) is 4.99. The summed E-state index contributed by atoms with van der Waals surface area (Å²) in [6.45, 7) is 2.00. The van der Waals surface area contributed by atoms with Crippen molar-refractivity contribution in [1.29, 1.82) is 0 Å². The first kappa shape index (κ1) is 19.6. The smallest absolute Gasteiger partial charge is 0.166 e. The lowest BCUT2D eigenvalue weighted by molar-refractivity contribution is 0.926. The molecule has 2 aromatic heterocycles. The molecule has 5 aromatic rings. The van der Waals surface area contributed by atoms with Gasteiger partial charge in [-0.05, 0) is 30.7 Å². The Hall–Kier alpha value is -3.34. The maximum absolute atomic E-state index is 6.23. The van der Waals surface area contributed by atoms with Crippen LogP contribution >= 0.6 is 23.2 Å². The fraction of sp³-hybridized carbons (Fsp3) is 0.0400. The van der Waals surface area contributed by atoms with Crippen LogP contribution in [0.25, 0.3) is 28.0 Å². The molecule has 152 valence electrons. The molecule has 5 rings (SSSR count). The lowest BCUT2D eigenvalue weighted by Gasteiger charge is -2.12. The zero-order chi connectivity index (χ0) is 21.4. The van der Waals surface area contributed by atoms with E-state index in [1.54, 1.807) is 12.1 Å². The van der Waals surface area contributed by atoms with Crippen molar-refractivity contribution in [1.82, 2.24) is 14.6 Å². The van der Waals surface area contributed by atoms with Gasteiger partial charge in [0.2, 0.25) is 0 Å². The Bertz CT molecular complexity index is 1380. The Labute approximate surface area is 190 Å². The topological polar surface area (TPSA) is 42.2 Å². The molecule has 1 N–H and O–H groups in total. The van der Waals surface area contributed by atoms with E-state index in [2.05, 4.69) is 17.4 Å². The van der Waals surface area contributed by atoms with E-state index in [0.717, 1.165) is 45.2 Å². The number of anilines is 2. The Kier molecular flexibility index (Phi) is 5.10. The number of nitrogens with zero attached hydrogens (tertiary/aromatic N) is 3. The summed E-state index contributed by atoms with van der Waals surface area (Å²) in [5.74, 6) is 0.785. The highest BCUT2D eigenvalue weighted by Gasteiger charge is 2.17. The fourth-order valence-corrected chi connectivity index (χ4v) is 3.93. The molecule has 0 radical (unpaired) electrons. The molecule has 0 fully saturated rings. The molecule has 0 aliphatic carbocycles. The number of hydrogen-bond acceptors (Lipinski definition) is 3. The number of nitrogens with one attached hydrogen (secondary N) is 1. The van der Waals surface area contributed by atoms with Crippen LogP contribution in [-0.4, -0.2) is 14.6 Å². The summed E-state index contributed by atoms with van der Waals surface area (Å²) in [6.07, 6.45) is 0. The molecular weight excluding hydrogens is 427 g/mol. The highest BCUT2D eigenvalue weighted by molar-refractivity contribution is 6.42. The molecule has 0 amide bonds. The lowest BCUT2D eigenvalue weighted by atomic mass is 10.1. The zero-order valence-corrected chi connectivity index (χ0v) is 18.2. The summed E-state index contributed by atoms with van der Waals surface area (Å²) in [5, 5.41) is 9.23. The SMILES string of the molecule is Cc1nn2c(Nc3ccc(Cl)c(Cl)c3)cc(-c3ccccc3)nc2c1-c1ccccc1. The standard InChI is InChI=1S/C25H18Cl2N4/c1-16-24(18-10-6-3-7-11-18)25-29-22(17-8-4-2-5-9-17)15-23(31(25)30-16)28-19-12-13-20(26)21(27)14-19/h2-15,28H,1H3. The van der Waals surface area contributed by atoms with Gasteiger partial charge in [0.05, 0.1) is 21.4 Å². The molecule has 0 saturated heterocycles. The number of aromatic nitrogens is 3. The minimum atomic E-state index is 0.488. The highest BCUT2D eigenvalue weighted by Crippen LogP contribution is 2.33. The van der Waals surface area contributed by atoms with Crippen molar-refractivity contribution in [3.63, 3.8) is 0 Å². The highest BCUT2D eigenvalue weighted by atomic mass is 35.5. The Balaban J connectivity index is 1.74. The molecule has 0 aliphatic heterocycles. The van der Waals surface area contributed by atoms with Gasteiger partial charge in [-0.25, -0.2) is 4.98 Å². The minimum Gasteiger partial charge on any atom is -0.340 e. The molecule has 0 atom stereocenters. The minimum absolute atomic E-state index is 0.488. The third-order valence-electron chi connectivity index (χ3n) is 5.09. The summed E-state index contributed by atoms with van der Waals surface area (Å²) in [6, 6.07) is 27.8. The predicted molar refractivity (Wildman–Crippen MR) is 128 cm³/mol. The van der Waals surface area contributed by atoms with Crippen molar-refractivity contribution in [2.75, 3.05) is 5.32 Å². The van der Waals surface area contributed by atoms with Crippen molar-refractivity contribution in [2.45, 2.75) is 6.92 Å². The van der Waals surface area contributed by atoms with Crippen LogP contribution < -0.4 is 5.32 Å². The lowest BCUT2D eigenvalue weighted by Crippen LogP contribution is -2.03. The second-order valence-electron chi connectivity index (χ2n) is 7.21. The van der Waals surface area contributed by atoms with Crippen LogP contribution in [0.3, 0.4) is 0 Å². The molecule has 31 heavy (non-hydrogen) atoms. The van der Waals surface area contributed by atoms with Gasteiger partial charge in [0.1, 0.15) is 5.82 Å². The number of hydrogen-bond donors (Lipinski definition) is 1. The van der Waals surface area contributed by atoms with Crippen molar-refractivity contribution in [2.24, 2.45) is 0 Å². The molecule has 3 aromatic carbocycles. The first-order chi connectivity index (χ1) is 15.1. The maximum Gasteiger partial charge on any atom is 0.166 e. The van der Waals surface area contributed by atoms with E-state index in [4.69, 9.17) is 33.3 Å². The van der Waals surface area contributed by atoms with Gasteiger partial charge in [-0.2, -0.15) is 9.61 Å². The Morgan fingerprint density at radius 1 is 0.774 bits per heavy atom. The molecule has 0 spiro atoms. The summed E-state index contributed by atoms with van der Waals surface area (Å²) >= 11 is 12.3. The van der Waals surface area contributed by atoms with Gasteiger partial charge in [-0.3, -0.25) is 0 Å². The molecule has 6 heteroatoms. The monoisotopic (exact) mass is 444 g/mol. The van der Waals surface area contributed by atoms with Gasteiger partial charge in [-0.1, -0.05) is 83.9 Å². The van der Waals surface area contributed by atoms with E-state index >= 15 is 0 Å². The van der Waals surface area contributed by atoms with E-state index < -0.39 is 0 Å². The van der Waals surface area contributed by atoms with Gasteiger partial charge >= 0.3 is 0 Å². The van der Waals surface area contributed by atoms with Crippen molar-refractivity contribution < 1.29 is 0 Å². The Morgan fingerprint density at radius 3 is 2.13 bits per heavy atom. The van der Waals surface area contributed by atoms with Crippen molar-refractivity contribution >= 4 is 40.4 Å². The van der Waals surface area contributed by atoms with E-state index in [1.165, 1.54) is 0 Å². The second-order valence-corrected chi connectivity index (χ2v) is 8.02. The van der Waals surface area contributed by atoms with Crippen LogP contribution in [0.15, 0.2) is 84.9 Å². The fourth-order valence-electron chi connectivity index (χ4n) is 3.63. The first-order valence-corrected chi connectivity index (χ1v) is 10.6. The zero-order valence-electron chi connectivity index (χ0n) is 16.7. The summed E-state index contributed by atoms with van der Waals surface area (Å²) in [5.41, 5.74) is 6.47. The van der Waals surface area contributed by atoms with Crippen LogP contribution in [0.5, 0.6) is 0 Å². The molecule has 0 aliphatic rings. The quantitative estimate of drug-likeness (QED) is 0.313. The molecule has 0 unspecified atom stereocenters. The number of halogens is 2. The molecular formula is C25H18Cl2N4. The van der Waals surface area contributed by atoms with Crippen molar-refractivity contribution in [3.8, 4) is 22.4 Å². The van der Waals surface area contributed by atoms with Crippen LogP contribution in [0.4, 0.5) is 11.5 Å². The van der Waals surface area contributed by atoms with Crippen LogP contribution in [0.2, 0.25) is 10.0 Å². The van der Waals surface area contributed by atoms with E-state index in [9.17, 15) is 0 Å². The molecule has 4 nitrogen and oxygen atoms in total. The third-order valence-corrected chi connectivity index (χ3v) is 5.83. The van der Waals surface area contributed by atoms with E-state index in [-0.39, 0.29) is 0 Å². The van der Waals surface area contributed by atoms with Gasteiger partial charge in [0.25, 0.3) is 0 Å². The van der Waals surface area contributed by atoms with Gasteiger partial charge in [-0.15, -0.1) is 0 Å². The molecule has 2 heterocycles. The van der Waals surface area contributed by atoms with Gasteiger partial charge < -0.3 is 5.32 Å². The second kappa shape index (κ2) is 8.06. The van der Waals surface area contributed by atoms with Gasteiger partial charge in [0, 0.05) is 22.9 Å². The summed E-state index contributed by atoms with van der Waals surface area (Å²) in [7, 11) is 0. The van der Waals surface area contributed by atoms with Crippen molar-refractivity contribution in [3.05, 3.63) is 101 Å². The number of aryl methyl sites for hydroxylation is 1. The summed E-state index contributed by atoms with van der Waals surface area (Å²) < 4.78 is 1.84.